The minimum Gasteiger partial charge on any atom is -0.293 e. The van der Waals surface area contributed by atoms with Gasteiger partial charge in [0.25, 0.3) is 0 Å². The molecule has 20 heavy (non-hydrogen) atoms. The Kier molecular flexibility index (Phi) is 5.74. The molecule has 0 aliphatic rings. The van der Waals surface area contributed by atoms with Gasteiger partial charge in [-0.3, -0.25) is 4.79 Å². The summed E-state index contributed by atoms with van der Waals surface area (Å²) in [5.41, 5.74) is 3.40. The van der Waals surface area contributed by atoms with Crippen LogP contribution in [-0.4, -0.2) is 17.8 Å². The highest BCUT2D eigenvalue weighted by atomic mass is 32.2. The zero-order chi connectivity index (χ0) is 14.4. The van der Waals surface area contributed by atoms with Crippen molar-refractivity contribution >= 4 is 29.3 Å². The fraction of sp³-hybridized carbons (Fsp3) is 0.235. The topological polar surface area (TPSA) is 17.1 Å². The van der Waals surface area contributed by atoms with Crippen molar-refractivity contribution in [2.24, 2.45) is 0 Å². The van der Waals surface area contributed by atoms with Gasteiger partial charge in [-0.2, -0.15) is 0 Å². The van der Waals surface area contributed by atoms with Gasteiger partial charge in [-0.1, -0.05) is 36.4 Å². The second-order valence-electron chi connectivity index (χ2n) is 4.57. The van der Waals surface area contributed by atoms with Crippen LogP contribution in [0.1, 0.15) is 21.5 Å². The smallest absolute Gasteiger partial charge is 0.172 e. The molecule has 0 heterocycles. The molecule has 0 fully saturated rings. The van der Waals surface area contributed by atoms with Crippen LogP contribution in [0.15, 0.2) is 53.4 Å². The Morgan fingerprint density at radius 1 is 1.05 bits per heavy atom. The van der Waals surface area contributed by atoms with Gasteiger partial charge in [-0.15, -0.1) is 23.5 Å². The summed E-state index contributed by atoms with van der Waals surface area (Å²) in [4.78, 5) is 13.3. The molecule has 2 aromatic carbocycles. The van der Waals surface area contributed by atoms with Gasteiger partial charge in [0.2, 0.25) is 0 Å². The Bertz CT molecular complexity index is 576. The highest BCUT2D eigenvalue weighted by Gasteiger charge is 2.06. The van der Waals surface area contributed by atoms with Gasteiger partial charge in [0.15, 0.2) is 5.78 Å². The Morgan fingerprint density at radius 3 is 2.40 bits per heavy atom. The van der Waals surface area contributed by atoms with Crippen LogP contribution >= 0.6 is 23.5 Å². The van der Waals surface area contributed by atoms with E-state index in [1.165, 1.54) is 16.0 Å². The number of Topliss-reactive ketones (excluding diaryl/α,β-unsaturated/α-hetero) is 1. The van der Waals surface area contributed by atoms with Crippen LogP contribution < -0.4 is 0 Å². The molecule has 0 saturated heterocycles. The Labute approximate surface area is 129 Å². The summed E-state index contributed by atoms with van der Waals surface area (Å²) >= 11 is 3.37. The molecular formula is C17H18OS2. The average molecular weight is 302 g/mol. The lowest BCUT2D eigenvalue weighted by Crippen LogP contribution is -2.02. The van der Waals surface area contributed by atoms with Gasteiger partial charge in [0, 0.05) is 16.2 Å². The Balaban J connectivity index is 1.87. The summed E-state index contributed by atoms with van der Waals surface area (Å²) in [6, 6.07) is 16.2. The van der Waals surface area contributed by atoms with E-state index < -0.39 is 0 Å². The molecular weight excluding hydrogens is 284 g/mol. The second-order valence-corrected chi connectivity index (χ2v) is 6.44. The van der Waals surface area contributed by atoms with Gasteiger partial charge in [0.05, 0.1) is 5.75 Å². The number of benzene rings is 2. The molecule has 104 valence electrons. The highest BCUT2D eigenvalue weighted by molar-refractivity contribution is 7.99. The van der Waals surface area contributed by atoms with Gasteiger partial charge >= 0.3 is 0 Å². The minimum atomic E-state index is 0.205. The van der Waals surface area contributed by atoms with Crippen molar-refractivity contribution in [2.45, 2.75) is 17.6 Å². The molecule has 0 saturated carbocycles. The lowest BCUT2D eigenvalue weighted by atomic mass is 10.1. The number of ketones is 1. The average Bonchev–Trinajstić information content (AvgIpc) is 2.49. The van der Waals surface area contributed by atoms with E-state index >= 15 is 0 Å². The quantitative estimate of drug-likeness (QED) is 0.562. The van der Waals surface area contributed by atoms with Crippen LogP contribution in [0.4, 0.5) is 0 Å². The normalized spacial score (nSPS) is 10.5. The van der Waals surface area contributed by atoms with Crippen molar-refractivity contribution in [2.75, 3.05) is 12.0 Å². The molecule has 0 aliphatic heterocycles. The molecule has 2 aromatic rings. The molecule has 0 spiro atoms. The first-order chi connectivity index (χ1) is 9.70. The van der Waals surface area contributed by atoms with Crippen LogP contribution in [-0.2, 0) is 5.75 Å². The number of hydrogen-bond donors (Lipinski definition) is 0. The van der Waals surface area contributed by atoms with Crippen LogP contribution in [0.3, 0.4) is 0 Å². The Morgan fingerprint density at radius 2 is 1.75 bits per heavy atom. The third-order valence-corrected chi connectivity index (χ3v) is 4.89. The van der Waals surface area contributed by atoms with E-state index in [4.69, 9.17) is 0 Å². The number of carbonyl (C=O) groups excluding carboxylic acids is 1. The van der Waals surface area contributed by atoms with E-state index in [9.17, 15) is 4.79 Å². The van der Waals surface area contributed by atoms with Crippen LogP contribution in [0.5, 0.6) is 0 Å². The molecule has 0 unspecified atom stereocenters. The first-order valence-corrected chi connectivity index (χ1v) is 8.88. The van der Waals surface area contributed by atoms with E-state index in [-0.39, 0.29) is 5.78 Å². The number of aryl methyl sites for hydroxylation is 1. The van der Waals surface area contributed by atoms with Crippen molar-refractivity contribution in [1.82, 2.24) is 0 Å². The van der Waals surface area contributed by atoms with Crippen molar-refractivity contribution in [3.8, 4) is 0 Å². The van der Waals surface area contributed by atoms with Crippen molar-refractivity contribution in [3.63, 3.8) is 0 Å². The number of rotatable bonds is 6. The van der Waals surface area contributed by atoms with Crippen molar-refractivity contribution in [3.05, 3.63) is 65.2 Å². The number of thioether (sulfide) groups is 2. The summed E-state index contributed by atoms with van der Waals surface area (Å²) in [7, 11) is 0. The minimum absolute atomic E-state index is 0.205. The van der Waals surface area contributed by atoms with E-state index in [2.05, 4.69) is 19.1 Å². The molecule has 3 heteroatoms. The monoisotopic (exact) mass is 302 g/mol. The van der Waals surface area contributed by atoms with Gasteiger partial charge < -0.3 is 0 Å². The van der Waals surface area contributed by atoms with Gasteiger partial charge in [-0.05, 0) is 36.4 Å². The van der Waals surface area contributed by atoms with Crippen LogP contribution in [0.2, 0.25) is 0 Å². The van der Waals surface area contributed by atoms with E-state index in [1.807, 2.05) is 42.7 Å². The predicted octanol–water partition coefficient (Wildman–Crippen LogP) is 4.83. The molecule has 0 aliphatic carbocycles. The summed E-state index contributed by atoms with van der Waals surface area (Å²) in [6.07, 6.45) is 2.04. The summed E-state index contributed by atoms with van der Waals surface area (Å²) < 4.78 is 0. The number of hydrogen-bond acceptors (Lipinski definition) is 3. The lowest BCUT2D eigenvalue weighted by Gasteiger charge is -2.05. The molecule has 2 rings (SSSR count). The van der Waals surface area contributed by atoms with E-state index in [0.717, 1.165) is 11.3 Å². The largest absolute Gasteiger partial charge is 0.293 e. The fourth-order valence-electron chi connectivity index (χ4n) is 1.89. The third kappa shape index (κ3) is 4.15. The molecule has 0 amide bonds. The van der Waals surface area contributed by atoms with E-state index in [1.54, 1.807) is 23.5 Å². The first-order valence-electron chi connectivity index (χ1n) is 6.50. The molecule has 0 atom stereocenters. The van der Waals surface area contributed by atoms with Gasteiger partial charge in [0.1, 0.15) is 0 Å². The highest BCUT2D eigenvalue weighted by Crippen LogP contribution is 2.19. The fourth-order valence-corrected chi connectivity index (χ4v) is 3.29. The summed E-state index contributed by atoms with van der Waals surface area (Å²) in [5.74, 6) is 1.63. The molecule has 0 N–H and O–H groups in total. The third-order valence-electron chi connectivity index (χ3n) is 3.16. The SMILES string of the molecule is CSc1ccc(C(=O)CSCc2ccccc2C)cc1. The zero-order valence-electron chi connectivity index (χ0n) is 11.8. The maximum absolute atomic E-state index is 12.1. The maximum atomic E-state index is 12.1. The van der Waals surface area contributed by atoms with Crippen molar-refractivity contribution in [1.29, 1.82) is 0 Å². The lowest BCUT2D eigenvalue weighted by molar-refractivity contribution is 0.102. The molecule has 1 nitrogen and oxygen atoms in total. The second kappa shape index (κ2) is 7.55. The van der Waals surface area contributed by atoms with E-state index in [0.29, 0.717) is 5.75 Å². The van der Waals surface area contributed by atoms with Crippen LogP contribution in [0.25, 0.3) is 0 Å². The van der Waals surface area contributed by atoms with Crippen molar-refractivity contribution < 1.29 is 4.79 Å². The predicted molar refractivity (Wildman–Crippen MR) is 89.9 cm³/mol. The zero-order valence-corrected chi connectivity index (χ0v) is 13.4. The summed E-state index contributed by atoms with van der Waals surface area (Å²) in [6.45, 7) is 2.11. The summed E-state index contributed by atoms with van der Waals surface area (Å²) in [5, 5.41) is 0. The molecule has 0 bridgehead atoms. The maximum Gasteiger partial charge on any atom is 0.172 e. The molecule has 0 radical (unpaired) electrons. The van der Waals surface area contributed by atoms with Crippen LogP contribution in [0, 0.1) is 6.92 Å². The first kappa shape index (κ1) is 15.2. The van der Waals surface area contributed by atoms with Gasteiger partial charge in [-0.25, -0.2) is 0 Å². The molecule has 0 aromatic heterocycles. The standard InChI is InChI=1S/C17H18OS2/c1-13-5-3-4-6-15(13)11-20-12-17(18)14-7-9-16(19-2)10-8-14/h3-10H,11-12H2,1-2H3. The Hall–Kier alpha value is -1.19. The number of carbonyl (C=O) groups is 1.